The van der Waals surface area contributed by atoms with E-state index in [0.717, 1.165) is 0 Å². The average Bonchev–Trinajstić information content (AvgIpc) is 2.62. The number of rotatable bonds is 9. The molecule has 0 heterocycles. The Hall–Kier alpha value is -2.58. The molecule has 0 fully saturated rings. The Labute approximate surface area is 171 Å². The molecule has 0 aliphatic rings. The van der Waals surface area contributed by atoms with Crippen LogP contribution in [0.2, 0.25) is 10.0 Å². The second kappa shape index (κ2) is 11.3. The molecule has 1 aromatic carbocycles. The minimum absolute atomic E-state index is 0.00839. The Morgan fingerprint density at radius 1 is 1.32 bits per heavy atom. The Kier molecular flexibility index (Phi) is 9.47. The van der Waals surface area contributed by atoms with Gasteiger partial charge in [0.05, 0.1) is 22.1 Å². The van der Waals surface area contributed by atoms with E-state index in [1.807, 2.05) is 0 Å². The zero-order chi connectivity index (χ0) is 21.3. The van der Waals surface area contributed by atoms with Gasteiger partial charge in [0.1, 0.15) is 5.75 Å². The molecule has 0 bridgehead atoms. The van der Waals surface area contributed by atoms with E-state index in [9.17, 15) is 19.7 Å². The van der Waals surface area contributed by atoms with Crippen LogP contribution >= 0.6 is 23.2 Å². The third-order valence-electron chi connectivity index (χ3n) is 3.31. The first-order valence-electron chi connectivity index (χ1n) is 8.13. The van der Waals surface area contributed by atoms with Crippen molar-refractivity contribution in [3.63, 3.8) is 0 Å². The third kappa shape index (κ3) is 6.86. The number of hydrogen-bond donors (Lipinski definition) is 0. The molecule has 0 amide bonds. The van der Waals surface area contributed by atoms with Gasteiger partial charge in [-0.25, -0.2) is 9.59 Å². The van der Waals surface area contributed by atoms with Gasteiger partial charge in [0.15, 0.2) is 6.61 Å². The average molecular weight is 432 g/mol. The highest BCUT2D eigenvalue weighted by Crippen LogP contribution is 2.27. The van der Waals surface area contributed by atoms with E-state index in [2.05, 4.69) is 0 Å². The first kappa shape index (κ1) is 23.5. The van der Waals surface area contributed by atoms with Crippen LogP contribution in [-0.4, -0.2) is 36.2 Å². The van der Waals surface area contributed by atoms with Crippen molar-refractivity contribution in [2.45, 2.75) is 26.9 Å². The van der Waals surface area contributed by atoms with E-state index in [1.165, 1.54) is 37.3 Å². The summed E-state index contributed by atoms with van der Waals surface area (Å²) in [6, 6.07) is 4.41. The smallest absolute Gasteiger partial charge is 0.352 e. The van der Waals surface area contributed by atoms with Gasteiger partial charge in [-0.2, -0.15) is 0 Å². The zero-order valence-electron chi connectivity index (χ0n) is 15.4. The highest BCUT2D eigenvalue weighted by Gasteiger charge is 2.31. The number of esters is 2. The molecule has 0 saturated heterocycles. The van der Waals surface area contributed by atoms with Gasteiger partial charge in [-0.1, -0.05) is 29.3 Å². The highest BCUT2D eigenvalue weighted by atomic mass is 35.5. The van der Waals surface area contributed by atoms with E-state index in [4.69, 9.17) is 37.4 Å². The normalized spacial score (nSPS) is 12.9. The summed E-state index contributed by atoms with van der Waals surface area (Å²) in [6.07, 6.45) is 1.03. The van der Waals surface area contributed by atoms with E-state index in [0.29, 0.717) is 5.02 Å². The topological polar surface area (TPSA) is 105 Å². The van der Waals surface area contributed by atoms with Gasteiger partial charge >= 0.3 is 11.9 Å². The van der Waals surface area contributed by atoms with Crippen LogP contribution in [0.25, 0.3) is 0 Å². The Morgan fingerprint density at radius 2 is 2.00 bits per heavy atom. The number of ether oxygens (including phenoxy) is 3. The van der Waals surface area contributed by atoms with Crippen molar-refractivity contribution in [2.75, 3.05) is 13.2 Å². The fraction of sp³-hybridized carbons (Fsp3) is 0.333. The summed E-state index contributed by atoms with van der Waals surface area (Å²) < 4.78 is 15.2. The standard InChI is InChI=1S/C18H19Cl2NO7/c1-4-6-14(21(24)25)11(3)17(18(23)26-5-2)28-16(22)10-27-15-8-7-12(19)9-13(15)20/h4,6-9,17H,5,10H2,1-3H3/b6-4+,14-11-. The molecule has 8 nitrogen and oxygen atoms in total. The van der Waals surface area contributed by atoms with E-state index >= 15 is 0 Å². The van der Waals surface area contributed by atoms with E-state index in [1.54, 1.807) is 13.8 Å². The largest absolute Gasteiger partial charge is 0.480 e. The van der Waals surface area contributed by atoms with Gasteiger partial charge < -0.3 is 14.2 Å². The van der Waals surface area contributed by atoms with Gasteiger partial charge in [0, 0.05) is 11.1 Å². The van der Waals surface area contributed by atoms with Crippen LogP contribution in [0.5, 0.6) is 5.75 Å². The Balaban J connectivity index is 2.99. The molecular formula is C18H19Cl2NO7. The van der Waals surface area contributed by atoms with Crippen LogP contribution in [0.4, 0.5) is 0 Å². The lowest BCUT2D eigenvalue weighted by Crippen LogP contribution is -2.33. The second-order valence-corrected chi connectivity index (χ2v) is 6.15. The van der Waals surface area contributed by atoms with Crippen molar-refractivity contribution in [3.05, 3.63) is 61.8 Å². The number of carbonyl (C=O) groups is 2. The SMILES string of the molecule is C/C=C/C(=C(\C)C(OC(=O)COc1ccc(Cl)cc1Cl)C(=O)OCC)[N+](=O)[O-]. The molecule has 0 N–H and O–H groups in total. The molecule has 1 unspecified atom stereocenters. The van der Waals surface area contributed by atoms with Crippen LogP contribution in [0, 0.1) is 10.1 Å². The summed E-state index contributed by atoms with van der Waals surface area (Å²) in [5.74, 6) is -1.68. The predicted molar refractivity (Wildman–Crippen MR) is 103 cm³/mol. The van der Waals surface area contributed by atoms with Crippen molar-refractivity contribution in [1.29, 1.82) is 0 Å². The lowest BCUT2D eigenvalue weighted by molar-refractivity contribution is -0.420. The Bertz CT molecular complexity index is 805. The number of hydrogen-bond acceptors (Lipinski definition) is 7. The maximum atomic E-state index is 12.2. The maximum Gasteiger partial charge on any atom is 0.352 e. The molecule has 0 spiro atoms. The quantitative estimate of drug-likeness (QED) is 0.252. The van der Waals surface area contributed by atoms with Crippen molar-refractivity contribution in [2.24, 2.45) is 0 Å². The molecule has 1 atom stereocenters. The van der Waals surface area contributed by atoms with Crippen LogP contribution < -0.4 is 4.74 Å². The number of nitro groups is 1. The molecule has 10 heteroatoms. The summed E-state index contributed by atoms with van der Waals surface area (Å²) in [6.45, 7) is 3.87. The van der Waals surface area contributed by atoms with E-state index in [-0.39, 0.29) is 28.6 Å². The van der Waals surface area contributed by atoms with Crippen LogP contribution in [-0.2, 0) is 19.1 Å². The van der Waals surface area contributed by atoms with Crippen molar-refractivity contribution >= 4 is 35.1 Å². The molecule has 1 aromatic rings. The van der Waals surface area contributed by atoms with Crippen molar-refractivity contribution in [1.82, 2.24) is 0 Å². The number of nitrogens with zero attached hydrogens (tertiary/aromatic N) is 1. The van der Waals surface area contributed by atoms with Gasteiger partial charge in [0.2, 0.25) is 6.10 Å². The van der Waals surface area contributed by atoms with Gasteiger partial charge in [-0.05, 0) is 39.0 Å². The van der Waals surface area contributed by atoms with Crippen molar-refractivity contribution < 1.29 is 28.7 Å². The van der Waals surface area contributed by atoms with Crippen LogP contribution in [0.1, 0.15) is 20.8 Å². The lowest BCUT2D eigenvalue weighted by Gasteiger charge is -2.17. The van der Waals surface area contributed by atoms with Gasteiger partial charge in [-0.15, -0.1) is 0 Å². The summed E-state index contributed by atoms with van der Waals surface area (Å²) in [7, 11) is 0. The Morgan fingerprint density at radius 3 is 2.54 bits per heavy atom. The highest BCUT2D eigenvalue weighted by molar-refractivity contribution is 6.35. The molecule has 0 aliphatic carbocycles. The summed E-state index contributed by atoms with van der Waals surface area (Å²) >= 11 is 11.7. The molecule has 0 radical (unpaired) electrons. The van der Waals surface area contributed by atoms with Gasteiger partial charge in [0.25, 0.3) is 5.70 Å². The summed E-state index contributed by atoms with van der Waals surface area (Å²) in [5, 5.41) is 11.8. The molecule has 1 rings (SSSR count). The molecule has 0 saturated carbocycles. The summed E-state index contributed by atoms with van der Waals surface area (Å²) in [4.78, 5) is 34.8. The lowest BCUT2D eigenvalue weighted by atomic mass is 10.1. The van der Waals surface area contributed by atoms with Crippen LogP contribution in [0.3, 0.4) is 0 Å². The second-order valence-electron chi connectivity index (χ2n) is 5.31. The predicted octanol–water partition coefficient (Wildman–Crippen LogP) is 3.97. The summed E-state index contributed by atoms with van der Waals surface area (Å²) in [5.41, 5.74) is -0.463. The zero-order valence-corrected chi connectivity index (χ0v) is 17.0. The monoisotopic (exact) mass is 431 g/mol. The minimum atomic E-state index is -1.59. The fourth-order valence-electron chi connectivity index (χ4n) is 2.05. The molecule has 0 aliphatic heterocycles. The van der Waals surface area contributed by atoms with Gasteiger partial charge in [-0.3, -0.25) is 10.1 Å². The molecular weight excluding hydrogens is 413 g/mol. The molecule has 0 aromatic heterocycles. The fourth-order valence-corrected chi connectivity index (χ4v) is 2.52. The first-order chi connectivity index (χ1) is 13.2. The number of carbonyl (C=O) groups excluding carboxylic acids is 2. The maximum absolute atomic E-state index is 12.2. The number of allylic oxidation sites excluding steroid dienone is 2. The van der Waals surface area contributed by atoms with E-state index < -0.39 is 29.6 Å². The first-order valence-corrected chi connectivity index (χ1v) is 8.88. The number of benzene rings is 1. The van der Waals surface area contributed by atoms with Crippen molar-refractivity contribution in [3.8, 4) is 5.75 Å². The minimum Gasteiger partial charge on any atom is -0.480 e. The number of halogens is 2. The molecule has 152 valence electrons. The molecule has 28 heavy (non-hydrogen) atoms. The van der Waals surface area contributed by atoms with Crippen LogP contribution in [0.15, 0.2) is 41.6 Å². The third-order valence-corrected chi connectivity index (χ3v) is 3.84.